The van der Waals surface area contributed by atoms with Crippen molar-refractivity contribution in [1.29, 1.82) is 0 Å². The third kappa shape index (κ3) is 5.74. The number of benzene rings is 10. The molecule has 0 saturated heterocycles. The van der Waals surface area contributed by atoms with Gasteiger partial charge in [0.05, 0.1) is 22.4 Å². The SMILES string of the molecule is c1ccc(-c2ccccc2N(c2ccc(-c3ccc4ccccc4c3)cc2)c2ccc3c4ccccc4n(-c4c(-c5ccccc5)ccc5ccccc45)c3c2)cc1. The first kappa shape index (κ1) is 33.6. The van der Waals surface area contributed by atoms with Crippen molar-refractivity contribution in [1.82, 2.24) is 4.57 Å². The monoisotopic (exact) mass is 738 g/mol. The van der Waals surface area contributed by atoms with Crippen molar-refractivity contribution in [2.45, 2.75) is 0 Å². The fraction of sp³-hybridized carbons (Fsp3) is 0. The second-order valence-electron chi connectivity index (χ2n) is 14.9. The zero-order valence-electron chi connectivity index (χ0n) is 31.8. The summed E-state index contributed by atoms with van der Waals surface area (Å²) < 4.78 is 2.50. The van der Waals surface area contributed by atoms with Crippen LogP contribution in [0.2, 0.25) is 0 Å². The predicted molar refractivity (Wildman–Crippen MR) is 247 cm³/mol. The van der Waals surface area contributed by atoms with Gasteiger partial charge in [0.25, 0.3) is 0 Å². The number of fused-ring (bicyclic) bond motifs is 5. The Bertz CT molecular complexity index is 3270. The van der Waals surface area contributed by atoms with Crippen molar-refractivity contribution in [3.05, 3.63) is 231 Å². The Hall–Kier alpha value is -7.68. The Morgan fingerprint density at radius 3 is 1.66 bits per heavy atom. The van der Waals surface area contributed by atoms with Crippen LogP contribution in [0.3, 0.4) is 0 Å². The Balaban J connectivity index is 1.16. The smallest absolute Gasteiger partial charge is 0.0618 e. The van der Waals surface area contributed by atoms with Gasteiger partial charge in [-0.1, -0.05) is 188 Å². The Labute approximate surface area is 338 Å². The minimum absolute atomic E-state index is 1.08. The van der Waals surface area contributed by atoms with Crippen LogP contribution in [0.5, 0.6) is 0 Å². The van der Waals surface area contributed by atoms with E-state index in [9.17, 15) is 0 Å². The summed E-state index contributed by atoms with van der Waals surface area (Å²) in [6.45, 7) is 0. The van der Waals surface area contributed by atoms with E-state index in [0.29, 0.717) is 0 Å². The average molecular weight is 739 g/mol. The molecule has 0 atom stereocenters. The number of para-hydroxylation sites is 2. The van der Waals surface area contributed by atoms with Gasteiger partial charge in [-0.15, -0.1) is 0 Å². The lowest BCUT2D eigenvalue weighted by atomic mass is 9.98. The van der Waals surface area contributed by atoms with Crippen LogP contribution >= 0.6 is 0 Å². The van der Waals surface area contributed by atoms with Gasteiger partial charge < -0.3 is 9.47 Å². The van der Waals surface area contributed by atoms with Crippen LogP contribution in [-0.2, 0) is 0 Å². The molecule has 11 aromatic rings. The van der Waals surface area contributed by atoms with E-state index < -0.39 is 0 Å². The van der Waals surface area contributed by atoms with Crippen molar-refractivity contribution >= 4 is 60.4 Å². The molecule has 0 saturated carbocycles. The topological polar surface area (TPSA) is 8.17 Å². The zero-order chi connectivity index (χ0) is 38.4. The third-order valence-electron chi connectivity index (χ3n) is 11.6. The van der Waals surface area contributed by atoms with Crippen molar-refractivity contribution in [2.75, 3.05) is 4.90 Å². The minimum atomic E-state index is 1.08. The Morgan fingerprint density at radius 1 is 0.293 bits per heavy atom. The van der Waals surface area contributed by atoms with Gasteiger partial charge in [-0.05, 0) is 80.9 Å². The highest BCUT2D eigenvalue weighted by molar-refractivity contribution is 6.13. The number of hydrogen-bond acceptors (Lipinski definition) is 1. The van der Waals surface area contributed by atoms with Gasteiger partial charge in [0.2, 0.25) is 0 Å². The van der Waals surface area contributed by atoms with Crippen molar-refractivity contribution in [3.63, 3.8) is 0 Å². The molecule has 11 rings (SSSR count). The molecular weight excluding hydrogens is 701 g/mol. The van der Waals surface area contributed by atoms with Crippen LogP contribution in [0.4, 0.5) is 17.1 Å². The molecule has 0 aliphatic heterocycles. The molecule has 0 bridgehead atoms. The average Bonchev–Trinajstić information content (AvgIpc) is 3.63. The molecule has 0 aliphatic rings. The molecule has 1 aromatic heterocycles. The normalized spacial score (nSPS) is 11.4. The van der Waals surface area contributed by atoms with Crippen molar-refractivity contribution in [3.8, 4) is 39.1 Å². The van der Waals surface area contributed by atoms with E-state index in [-0.39, 0.29) is 0 Å². The summed E-state index contributed by atoms with van der Waals surface area (Å²) >= 11 is 0. The quantitative estimate of drug-likeness (QED) is 0.158. The lowest BCUT2D eigenvalue weighted by molar-refractivity contribution is 1.19. The van der Waals surface area contributed by atoms with Crippen molar-refractivity contribution < 1.29 is 0 Å². The van der Waals surface area contributed by atoms with Gasteiger partial charge in [-0.2, -0.15) is 0 Å². The maximum atomic E-state index is 2.50. The van der Waals surface area contributed by atoms with Gasteiger partial charge in [0.15, 0.2) is 0 Å². The summed E-state index contributed by atoms with van der Waals surface area (Å²) in [7, 11) is 0. The third-order valence-corrected chi connectivity index (χ3v) is 11.6. The molecule has 0 amide bonds. The number of nitrogens with zero attached hydrogens (tertiary/aromatic N) is 2. The van der Waals surface area contributed by atoms with Gasteiger partial charge in [-0.25, -0.2) is 0 Å². The molecule has 0 spiro atoms. The first-order chi connectivity index (χ1) is 28.8. The molecule has 0 unspecified atom stereocenters. The fourth-order valence-corrected chi connectivity index (χ4v) is 8.82. The summed E-state index contributed by atoms with van der Waals surface area (Å²) in [5, 5.41) is 7.37. The van der Waals surface area contributed by atoms with Crippen LogP contribution < -0.4 is 4.90 Å². The van der Waals surface area contributed by atoms with E-state index >= 15 is 0 Å². The summed E-state index contributed by atoms with van der Waals surface area (Å²) in [5.74, 6) is 0. The van der Waals surface area contributed by atoms with Crippen LogP contribution in [-0.4, -0.2) is 4.57 Å². The van der Waals surface area contributed by atoms with E-state index in [0.717, 1.165) is 22.6 Å². The largest absolute Gasteiger partial charge is 0.310 e. The maximum Gasteiger partial charge on any atom is 0.0618 e. The second-order valence-corrected chi connectivity index (χ2v) is 14.9. The fourth-order valence-electron chi connectivity index (χ4n) is 8.82. The molecule has 10 aromatic carbocycles. The maximum absolute atomic E-state index is 2.50. The Kier molecular flexibility index (Phi) is 8.19. The molecule has 0 fully saturated rings. The van der Waals surface area contributed by atoms with Crippen LogP contribution in [0, 0.1) is 0 Å². The first-order valence-electron chi connectivity index (χ1n) is 19.9. The summed E-state index contributed by atoms with van der Waals surface area (Å²) in [6.07, 6.45) is 0. The highest BCUT2D eigenvalue weighted by Gasteiger charge is 2.22. The van der Waals surface area contributed by atoms with Crippen LogP contribution in [0.25, 0.3) is 82.4 Å². The van der Waals surface area contributed by atoms with Crippen molar-refractivity contribution in [2.24, 2.45) is 0 Å². The second kappa shape index (κ2) is 14.1. The predicted octanol–water partition coefficient (Wildman–Crippen LogP) is 15.6. The molecule has 2 nitrogen and oxygen atoms in total. The van der Waals surface area contributed by atoms with E-state index in [4.69, 9.17) is 0 Å². The highest BCUT2D eigenvalue weighted by Crippen LogP contribution is 2.45. The van der Waals surface area contributed by atoms with E-state index in [1.807, 2.05) is 0 Å². The molecule has 0 N–H and O–H groups in total. The van der Waals surface area contributed by atoms with Gasteiger partial charge >= 0.3 is 0 Å². The van der Waals surface area contributed by atoms with Gasteiger partial charge in [0, 0.05) is 38.7 Å². The molecule has 0 radical (unpaired) electrons. The molecule has 0 aliphatic carbocycles. The standard InChI is InChI=1S/C56H38N2/c1-3-16-41(17-4-1)48-22-11-13-25-53(48)57(46-32-29-40(30-33-46)45-28-27-39-15-7-8-21-44(39)37-45)47-34-36-52-51-24-12-14-26-54(51)58(55(52)38-47)56-49-23-10-9-20-43(49)31-35-50(56)42-18-5-2-6-19-42/h1-38H. The first-order valence-corrected chi connectivity index (χ1v) is 19.9. The molecule has 2 heteroatoms. The number of rotatable bonds is 7. The van der Waals surface area contributed by atoms with Gasteiger partial charge in [0.1, 0.15) is 0 Å². The lowest BCUT2D eigenvalue weighted by Gasteiger charge is -2.28. The number of anilines is 3. The molecule has 272 valence electrons. The lowest BCUT2D eigenvalue weighted by Crippen LogP contribution is -2.11. The Morgan fingerprint density at radius 2 is 0.862 bits per heavy atom. The number of aromatic nitrogens is 1. The molecule has 1 heterocycles. The summed E-state index contributed by atoms with van der Waals surface area (Å²) in [6, 6.07) is 83.8. The number of hydrogen-bond donors (Lipinski definition) is 0. The molecule has 58 heavy (non-hydrogen) atoms. The summed E-state index contributed by atoms with van der Waals surface area (Å²) in [4.78, 5) is 2.43. The van der Waals surface area contributed by atoms with E-state index in [1.165, 1.54) is 76.9 Å². The zero-order valence-corrected chi connectivity index (χ0v) is 31.8. The summed E-state index contributed by atoms with van der Waals surface area (Å²) in [5.41, 5.74) is 13.9. The highest BCUT2D eigenvalue weighted by atomic mass is 15.1. The van der Waals surface area contributed by atoms with E-state index in [2.05, 4.69) is 240 Å². The van der Waals surface area contributed by atoms with E-state index in [1.54, 1.807) is 0 Å². The van der Waals surface area contributed by atoms with Crippen LogP contribution in [0.15, 0.2) is 231 Å². The van der Waals surface area contributed by atoms with Crippen LogP contribution in [0.1, 0.15) is 0 Å². The minimum Gasteiger partial charge on any atom is -0.310 e. The van der Waals surface area contributed by atoms with Gasteiger partial charge in [-0.3, -0.25) is 0 Å². The molecular formula is C56H38N2.